The number of hydrogen-bond donors (Lipinski definition) is 1. The number of carbonyl (C=O) groups is 1. The Labute approximate surface area is 74.0 Å². The Hall–Kier alpha value is -0.370. The van der Waals surface area contributed by atoms with Gasteiger partial charge in [-0.15, -0.1) is 0 Å². The van der Waals surface area contributed by atoms with Gasteiger partial charge in [0.25, 0.3) is 0 Å². The SMILES string of the molecule is CCC(=O)C1CCC(C)CC1O. The summed E-state index contributed by atoms with van der Waals surface area (Å²) in [6.45, 7) is 4.00. The predicted octanol–water partition coefficient (Wildman–Crippen LogP) is 1.76. The Morgan fingerprint density at radius 3 is 2.67 bits per heavy atom. The highest BCUT2D eigenvalue weighted by atomic mass is 16.3. The smallest absolute Gasteiger partial charge is 0.138 e. The van der Waals surface area contributed by atoms with Crippen LogP contribution in [0.15, 0.2) is 0 Å². The predicted molar refractivity (Wildman–Crippen MR) is 47.8 cm³/mol. The quantitative estimate of drug-likeness (QED) is 0.685. The monoisotopic (exact) mass is 170 g/mol. The Balaban J connectivity index is 2.50. The molecule has 1 saturated carbocycles. The summed E-state index contributed by atoms with van der Waals surface area (Å²) >= 11 is 0. The van der Waals surface area contributed by atoms with Crippen LogP contribution in [0.25, 0.3) is 0 Å². The van der Waals surface area contributed by atoms with E-state index in [-0.39, 0.29) is 17.8 Å². The maximum absolute atomic E-state index is 11.3. The molecule has 0 aliphatic heterocycles. The van der Waals surface area contributed by atoms with Crippen molar-refractivity contribution >= 4 is 5.78 Å². The standard InChI is InChI=1S/C10H18O2/c1-3-9(11)8-5-4-7(2)6-10(8)12/h7-8,10,12H,3-6H2,1-2H3. The molecule has 0 aromatic heterocycles. The zero-order valence-corrected chi connectivity index (χ0v) is 7.92. The van der Waals surface area contributed by atoms with Crippen molar-refractivity contribution in [1.82, 2.24) is 0 Å². The van der Waals surface area contributed by atoms with Crippen LogP contribution in [0.4, 0.5) is 0 Å². The van der Waals surface area contributed by atoms with Crippen LogP contribution in [0.3, 0.4) is 0 Å². The first-order valence-corrected chi connectivity index (χ1v) is 4.86. The molecule has 1 aliphatic carbocycles. The summed E-state index contributed by atoms with van der Waals surface area (Å²) < 4.78 is 0. The summed E-state index contributed by atoms with van der Waals surface area (Å²) in [5.74, 6) is 0.751. The molecule has 70 valence electrons. The molecule has 12 heavy (non-hydrogen) atoms. The van der Waals surface area contributed by atoms with Crippen LogP contribution in [-0.2, 0) is 4.79 Å². The third kappa shape index (κ3) is 2.07. The van der Waals surface area contributed by atoms with Crippen LogP contribution in [0.5, 0.6) is 0 Å². The zero-order valence-electron chi connectivity index (χ0n) is 7.92. The van der Waals surface area contributed by atoms with Crippen molar-refractivity contribution in [3.05, 3.63) is 0 Å². The molecule has 1 aliphatic rings. The fraction of sp³-hybridized carbons (Fsp3) is 0.900. The van der Waals surface area contributed by atoms with Crippen LogP contribution in [0, 0.1) is 11.8 Å². The molecule has 0 amide bonds. The van der Waals surface area contributed by atoms with Gasteiger partial charge >= 0.3 is 0 Å². The van der Waals surface area contributed by atoms with E-state index < -0.39 is 0 Å². The third-order valence-electron chi connectivity index (χ3n) is 2.84. The summed E-state index contributed by atoms with van der Waals surface area (Å²) in [7, 11) is 0. The van der Waals surface area contributed by atoms with E-state index in [1.165, 1.54) is 0 Å². The summed E-state index contributed by atoms with van der Waals surface area (Å²) in [4.78, 5) is 11.3. The fourth-order valence-corrected chi connectivity index (χ4v) is 1.99. The number of rotatable bonds is 2. The van der Waals surface area contributed by atoms with Crippen molar-refractivity contribution < 1.29 is 9.90 Å². The molecule has 0 aromatic rings. The fourth-order valence-electron chi connectivity index (χ4n) is 1.99. The van der Waals surface area contributed by atoms with Gasteiger partial charge in [-0.05, 0) is 25.2 Å². The molecule has 3 atom stereocenters. The van der Waals surface area contributed by atoms with E-state index >= 15 is 0 Å². The highest BCUT2D eigenvalue weighted by Crippen LogP contribution is 2.29. The molecule has 2 nitrogen and oxygen atoms in total. The number of aliphatic hydroxyl groups excluding tert-OH is 1. The molecule has 2 heteroatoms. The first-order chi connectivity index (χ1) is 5.65. The van der Waals surface area contributed by atoms with E-state index in [2.05, 4.69) is 6.92 Å². The number of ketones is 1. The highest BCUT2D eigenvalue weighted by molar-refractivity contribution is 5.81. The minimum absolute atomic E-state index is 0.0637. The van der Waals surface area contributed by atoms with Gasteiger partial charge in [-0.25, -0.2) is 0 Å². The van der Waals surface area contributed by atoms with Gasteiger partial charge in [-0.1, -0.05) is 13.8 Å². The molecule has 1 N–H and O–H groups in total. The molecule has 0 bridgehead atoms. The summed E-state index contributed by atoms with van der Waals surface area (Å²) in [6.07, 6.45) is 2.97. The maximum atomic E-state index is 11.3. The van der Waals surface area contributed by atoms with Crippen LogP contribution >= 0.6 is 0 Å². The van der Waals surface area contributed by atoms with Crippen molar-refractivity contribution in [2.75, 3.05) is 0 Å². The van der Waals surface area contributed by atoms with Gasteiger partial charge < -0.3 is 5.11 Å². The lowest BCUT2D eigenvalue weighted by Gasteiger charge is -2.30. The van der Waals surface area contributed by atoms with Crippen molar-refractivity contribution in [2.24, 2.45) is 11.8 Å². The Kier molecular flexibility index (Phi) is 3.27. The van der Waals surface area contributed by atoms with Gasteiger partial charge in [-0.2, -0.15) is 0 Å². The average molecular weight is 170 g/mol. The van der Waals surface area contributed by atoms with Gasteiger partial charge in [0.2, 0.25) is 0 Å². The molecular formula is C10H18O2. The van der Waals surface area contributed by atoms with Crippen molar-refractivity contribution in [2.45, 2.75) is 45.6 Å². The number of carbonyl (C=O) groups excluding carboxylic acids is 1. The summed E-state index contributed by atoms with van der Waals surface area (Å²) in [6, 6.07) is 0. The van der Waals surface area contributed by atoms with E-state index in [9.17, 15) is 9.90 Å². The van der Waals surface area contributed by atoms with Crippen LogP contribution in [0.1, 0.15) is 39.5 Å². The van der Waals surface area contributed by atoms with Gasteiger partial charge in [-0.3, -0.25) is 4.79 Å². The molecule has 0 radical (unpaired) electrons. The van der Waals surface area contributed by atoms with Gasteiger partial charge in [0.1, 0.15) is 5.78 Å². The first-order valence-electron chi connectivity index (χ1n) is 4.86. The zero-order chi connectivity index (χ0) is 9.14. The van der Waals surface area contributed by atoms with Crippen LogP contribution in [0.2, 0.25) is 0 Å². The minimum Gasteiger partial charge on any atom is -0.392 e. The molecule has 0 spiro atoms. The average Bonchev–Trinajstić information content (AvgIpc) is 2.03. The van der Waals surface area contributed by atoms with E-state index in [4.69, 9.17) is 0 Å². The van der Waals surface area contributed by atoms with Crippen molar-refractivity contribution in [3.8, 4) is 0 Å². The van der Waals surface area contributed by atoms with E-state index in [1.807, 2.05) is 6.92 Å². The molecule has 0 aromatic carbocycles. The second kappa shape index (κ2) is 4.04. The van der Waals surface area contributed by atoms with Crippen LogP contribution < -0.4 is 0 Å². The van der Waals surface area contributed by atoms with E-state index in [1.54, 1.807) is 0 Å². The molecule has 0 saturated heterocycles. The third-order valence-corrected chi connectivity index (χ3v) is 2.84. The molecular weight excluding hydrogens is 152 g/mol. The van der Waals surface area contributed by atoms with Gasteiger partial charge in [0.05, 0.1) is 6.10 Å². The largest absolute Gasteiger partial charge is 0.392 e. The molecule has 1 fully saturated rings. The summed E-state index contributed by atoms with van der Waals surface area (Å²) in [5, 5.41) is 9.62. The second-order valence-electron chi connectivity index (χ2n) is 3.91. The molecule has 1 rings (SSSR count). The van der Waals surface area contributed by atoms with Gasteiger partial charge in [0, 0.05) is 12.3 Å². The van der Waals surface area contributed by atoms with E-state index in [0.29, 0.717) is 12.3 Å². The first kappa shape index (κ1) is 9.72. The molecule has 0 heterocycles. The van der Waals surface area contributed by atoms with E-state index in [0.717, 1.165) is 19.3 Å². The van der Waals surface area contributed by atoms with Crippen LogP contribution in [-0.4, -0.2) is 17.0 Å². The lowest BCUT2D eigenvalue weighted by atomic mass is 9.78. The molecule has 3 unspecified atom stereocenters. The topological polar surface area (TPSA) is 37.3 Å². The maximum Gasteiger partial charge on any atom is 0.138 e. The summed E-state index contributed by atoms with van der Waals surface area (Å²) in [5.41, 5.74) is 0. The van der Waals surface area contributed by atoms with Crippen molar-refractivity contribution in [1.29, 1.82) is 0 Å². The number of hydrogen-bond acceptors (Lipinski definition) is 2. The minimum atomic E-state index is -0.374. The lowest BCUT2D eigenvalue weighted by molar-refractivity contribution is -0.128. The number of aliphatic hydroxyl groups is 1. The Morgan fingerprint density at radius 1 is 1.50 bits per heavy atom. The van der Waals surface area contributed by atoms with Gasteiger partial charge in [0.15, 0.2) is 0 Å². The Bertz CT molecular complexity index is 165. The lowest BCUT2D eigenvalue weighted by Crippen LogP contribution is -2.33. The normalized spacial score (nSPS) is 36.4. The highest BCUT2D eigenvalue weighted by Gasteiger charge is 2.30. The van der Waals surface area contributed by atoms with Crippen molar-refractivity contribution in [3.63, 3.8) is 0 Å². The Morgan fingerprint density at radius 2 is 2.17 bits per heavy atom. The second-order valence-corrected chi connectivity index (χ2v) is 3.91. The number of Topliss-reactive ketones (excluding diaryl/α,β-unsaturated/α-hetero) is 1.